The summed E-state index contributed by atoms with van der Waals surface area (Å²) < 4.78 is 12.3. The molecule has 8 nitrogen and oxygen atoms in total. The summed E-state index contributed by atoms with van der Waals surface area (Å²) in [6, 6.07) is 18.7. The summed E-state index contributed by atoms with van der Waals surface area (Å²) in [7, 11) is 1.63. The van der Waals surface area contributed by atoms with Crippen LogP contribution in [0.15, 0.2) is 60.7 Å². The quantitative estimate of drug-likeness (QED) is 0.492. The molecule has 0 radical (unpaired) electrons. The average molecular weight is 463 g/mol. The first-order valence-electron chi connectivity index (χ1n) is 11.5. The van der Waals surface area contributed by atoms with Crippen molar-refractivity contribution in [3.05, 3.63) is 66.4 Å². The van der Waals surface area contributed by atoms with Gasteiger partial charge in [0.25, 0.3) is 5.91 Å². The molecular formula is C26H30N4O4. The zero-order valence-electron chi connectivity index (χ0n) is 19.8. The third-order valence-corrected chi connectivity index (χ3v) is 5.93. The van der Waals surface area contributed by atoms with Crippen LogP contribution in [0.2, 0.25) is 0 Å². The van der Waals surface area contributed by atoms with E-state index >= 15 is 0 Å². The molecule has 2 amide bonds. The molecule has 3 aromatic rings. The van der Waals surface area contributed by atoms with Gasteiger partial charge < -0.3 is 14.8 Å². The van der Waals surface area contributed by atoms with Gasteiger partial charge in [-0.25, -0.2) is 0 Å². The van der Waals surface area contributed by atoms with Gasteiger partial charge in [0.15, 0.2) is 0 Å². The van der Waals surface area contributed by atoms with Crippen LogP contribution in [0.4, 0.5) is 5.69 Å². The molecule has 2 heterocycles. The first kappa shape index (κ1) is 23.5. The number of anilines is 1. The largest absolute Gasteiger partial charge is 0.494 e. The molecule has 0 fully saturated rings. The number of carbonyl (C=O) groups excluding carboxylic acids is 2. The molecular weight excluding hydrogens is 432 g/mol. The van der Waals surface area contributed by atoms with Gasteiger partial charge >= 0.3 is 0 Å². The van der Waals surface area contributed by atoms with Crippen molar-refractivity contribution >= 4 is 17.5 Å². The third-order valence-electron chi connectivity index (χ3n) is 5.93. The maximum absolute atomic E-state index is 13.8. The Labute approximate surface area is 199 Å². The fraction of sp³-hybridized carbons (Fsp3) is 0.346. The average Bonchev–Trinajstić information content (AvgIpc) is 3.27. The molecule has 0 saturated carbocycles. The second-order valence-corrected chi connectivity index (χ2v) is 8.38. The van der Waals surface area contributed by atoms with Crippen molar-refractivity contribution in [3.8, 4) is 17.0 Å². The second kappa shape index (κ2) is 10.1. The first-order valence-corrected chi connectivity index (χ1v) is 11.5. The molecule has 1 aliphatic heterocycles. The van der Waals surface area contributed by atoms with E-state index in [0.717, 1.165) is 5.56 Å². The molecule has 1 atom stereocenters. The van der Waals surface area contributed by atoms with Gasteiger partial charge in [-0.1, -0.05) is 30.3 Å². The van der Waals surface area contributed by atoms with Crippen molar-refractivity contribution in [1.29, 1.82) is 0 Å². The molecule has 0 saturated heterocycles. The predicted molar refractivity (Wildman–Crippen MR) is 130 cm³/mol. The van der Waals surface area contributed by atoms with Crippen LogP contribution >= 0.6 is 0 Å². The van der Waals surface area contributed by atoms with Gasteiger partial charge in [-0.2, -0.15) is 5.10 Å². The van der Waals surface area contributed by atoms with Gasteiger partial charge in [0.2, 0.25) is 5.91 Å². The van der Waals surface area contributed by atoms with Crippen molar-refractivity contribution in [2.45, 2.75) is 32.4 Å². The summed E-state index contributed by atoms with van der Waals surface area (Å²) in [4.78, 5) is 28.8. The van der Waals surface area contributed by atoms with E-state index in [1.807, 2.05) is 61.5 Å². The molecule has 1 aliphatic rings. The lowest BCUT2D eigenvalue weighted by Crippen LogP contribution is -2.64. The summed E-state index contributed by atoms with van der Waals surface area (Å²) >= 11 is 0. The Morgan fingerprint density at radius 1 is 1.15 bits per heavy atom. The van der Waals surface area contributed by atoms with Crippen molar-refractivity contribution in [2.24, 2.45) is 0 Å². The number of nitrogens with zero attached hydrogens (tertiary/aromatic N) is 3. The van der Waals surface area contributed by atoms with Gasteiger partial charge in [-0.15, -0.1) is 0 Å². The van der Waals surface area contributed by atoms with E-state index in [-0.39, 0.29) is 18.4 Å². The number of methoxy groups -OCH3 is 1. The van der Waals surface area contributed by atoms with Crippen LogP contribution < -0.4 is 15.0 Å². The Balaban J connectivity index is 1.72. The molecule has 0 bridgehead atoms. The van der Waals surface area contributed by atoms with E-state index in [1.54, 1.807) is 29.7 Å². The monoisotopic (exact) mass is 462 g/mol. The van der Waals surface area contributed by atoms with Crippen LogP contribution in [-0.4, -0.2) is 54.0 Å². The number of aromatic nitrogens is 2. The maximum atomic E-state index is 13.8. The van der Waals surface area contributed by atoms with Crippen LogP contribution in [-0.2, 0) is 16.1 Å². The second-order valence-electron chi connectivity index (χ2n) is 8.38. The van der Waals surface area contributed by atoms with Crippen molar-refractivity contribution in [3.63, 3.8) is 0 Å². The first-order chi connectivity index (χ1) is 16.5. The molecule has 8 heteroatoms. The van der Waals surface area contributed by atoms with Gasteiger partial charge in [-0.3, -0.25) is 19.2 Å². The molecule has 1 N–H and O–H groups in total. The van der Waals surface area contributed by atoms with E-state index in [4.69, 9.17) is 9.47 Å². The highest BCUT2D eigenvalue weighted by Gasteiger charge is 2.48. The Kier molecular flexibility index (Phi) is 6.98. The van der Waals surface area contributed by atoms with Crippen molar-refractivity contribution < 1.29 is 19.1 Å². The summed E-state index contributed by atoms with van der Waals surface area (Å²) in [5, 5.41) is 7.65. The smallest absolute Gasteiger partial charge is 0.277 e. The van der Waals surface area contributed by atoms with E-state index < -0.39 is 5.54 Å². The van der Waals surface area contributed by atoms with Gasteiger partial charge in [0.1, 0.15) is 17.0 Å². The van der Waals surface area contributed by atoms with Gasteiger partial charge in [-0.05, 0) is 50.6 Å². The highest BCUT2D eigenvalue weighted by Crippen LogP contribution is 2.35. The van der Waals surface area contributed by atoms with Gasteiger partial charge in [0.05, 0.1) is 18.8 Å². The lowest BCUT2D eigenvalue weighted by Gasteiger charge is -2.43. The van der Waals surface area contributed by atoms with Crippen LogP contribution in [0.1, 0.15) is 30.8 Å². The minimum Gasteiger partial charge on any atom is -0.494 e. The highest BCUT2D eigenvalue weighted by atomic mass is 16.5. The van der Waals surface area contributed by atoms with E-state index in [1.165, 1.54) is 0 Å². The summed E-state index contributed by atoms with van der Waals surface area (Å²) in [6.07, 6.45) is 0.681. The third kappa shape index (κ3) is 4.54. The zero-order chi connectivity index (χ0) is 24.1. The molecule has 0 aliphatic carbocycles. The molecule has 1 unspecified atom stereocenters. The number of hydrogen-bond acceptors (Lipinski definition) is 5. The predicted octanol–water partition coefficient (Wildman–Crippen LogP) is 3.52. The standard InChI is InChI=1S/C26H30N4O4/c1-4-34-21-13-11-20(12-14-21)30-24(31)23-17-22(19-9-6-5-7-10-19)28-29(23)18-26(30,2)25(32)27-15-8-16-33-3/h5-7,9-14,17H,4,8,15-16,18H2,1-3H3,(H,27,32). The zero-order valence-corrected chi connectivity index (χ0v) is 19.8. The summed E-state index contributed by atoms with van der Waals surface area (Å²) in [5.41, 5.74) is 1.49. The Morgan fingerprint density at radius 2 is 1.88 bits per heavy atom. The number of carbonyl (C=O) groups is 2. The molecule has 1 aromatic heterocycles. The topological polar surface area (TPSA) is 85.7 Å². The van der Waals surface area contributed by atoms with Crippen LogP contribution in [0, 0.1) is 0 Å². The molecule has 0 spiro atoms. The molecule has 4 rings (SSSR count). The lowest BCUT2D eigenvalue weighted by molar-refractivity contribution is -0.126. The van der Waals surface area contributed by atoms with Crippen molar-refractivity contribution in [1.82, 2.24) is 15.1 Å². The normalized spacial score (nSPS) is 17.4. The van der Waals surface area contributed by atoms with Crippen LogP contribution in [0.5, 0.6) is 5.75 Å². The minimum absolute atomic E-state index is 0.226. The Hall–Kier alpha value is -3.65. The van der Waals surface area contributed by atoms with Gasteiger partial charge in [0, 0.05) is 31.5 Å². The minimum atomic E-state index is -1.18. The van der Waals surface area contributed by atoms with E-state index in [2.05, 4.69) is 10.4 Å². The van der Waals surface area contributed by atoms with Crippen LogP contribution in [0.3, 0.4) is 0 Å². The fourth-order valence-corrected chi connectivity index (χ4v) is 4.20. The van der Waals surface area contributed by atoms with Crippen LogP contribution in [0.25, 0.3) is 11.3 Å². The maximum Gasteiger partial charge on any atom is 0.277 e. The summed E-state index contributed by atoms with van der Waals surface area (Å²) in [6.45, 7) is 5.46. The van der Waals surface area contributed by atoms with E-state index in [9.17, 15) is 9.59 Å². The number of nitrogens with one attached hydrogen (secondary N) is 1. The number of hydrogen-bond donors (Lipinski definition) is 1. The fourth-order valence-electron chi connectivity index (χ4n) is 4.20. The number of ether oxygens (including phenoxy) is 2. The summed E-state index contributed by atoms with van der Waals surface area (Å²) in [5.74, 6) is 0.186. The van der Waals surface area contributed by atoms with Crippen molar-refractivity contribution in [2.75, 3.05) is 31.8 Å². The number of amides is 2. The number of fused-ring (bicyclic) bond motifs is 1. The Bertz CT molecular complexity index is 1140. The molecule has 178 valence electrons. The van der Waals surface area contributed by atoms with E-state index in [0.29, 0.717) is 49.0 Å². The Morgan fingerprint density at radius 3 is 2.56 bits per heavy atom. The number of rotatable bonds is 9. The SMILES string of the molecule is CCOc1ccc(N2C(=O)c3cc(-c4ccccc4)nn3CC2(C)C(=O)NCCCOC)cc1. The molecule has 2 aromatic carbocycles. The highest BCUT2D eigenvalue weighted by molar-refractivity contribution is 6.12. The molecule has 34 heavy (non-hydrogen) atoms. The lowest BCUT2D eigenvalue weighted by atomic mass is 9.94. The number of benzene rings is 2.